The van der Waals surface area contributed by atoms with Gasteiger partial charge >= 0.3 is 0 Å². The molecule has 2 N–H and O–H groups in total. The van der Waals surface area contributed by atoms with Crippen molar-refractivity contribution in [2.45, 2.75) is 43.6 Å². The fourth-order valence-electron chi connectivity index (χ4n) is 1.32. The topological polar surface area (TPSA) is 32.3 Å². The van der Waals surface area contributed by atoms with Crippen LogP contribution in [0.15, 0.2) is 23.1 Å². The third kappa shape index (κ3) is 4.88. The zero-order chi connectivity index (χ0) is 12.8. The van der Waals surface area contributed by atoms with Crippen molar-refractivity contribution in [3.8, 4) is 0 Å². The van der Waals surface area contributed by atoms with Gasteiger partial charge in [-0.05, 0) is 31.2 Å². The van der Waals surface area contributed by atoms with Gasteiger partial charge in [-0.1, -0.05) is 31.5 Å². The quantitative estimate of drug-likeness (QED) is 0.780. The Labute approximate surface area is 113 Å². The lowest BCUT2D eigenvalue weighted by molar-refractivity contribution is 0.196. The highest BCUT2D eigenvalue weighted by atomic mass is 35.5. The van der Waals surface area contributed by atoms with Crippen molar-refractivity contribution < 1.29 is 5.11 Å². The van der Waals surface area contributed by atoms with Crippen LogP contribution < -0.4 is 5.32 Å². The number of thioether (sulfide) groups is 1. The Balaban J connectivity index is 2.69. The molecule has 96 valence electrons. The molecule has 17 heavy (non-hydrogen) atoms. The molecule has 0 spiro atoms. The minimum atomic E-state index is -0.336. The number of hydrogen-bond donors (Lipinski definition) is 2. The first kappa shape index (κ1) is 14.8. The number of aliphatic hydroxyl groups excluding tert-OH is 1. The first-order valence-electron chi connectivity index (χ1n) is 5.88. The standard InChI is InChI=1S/C13H20ClNOS/c1-4-15-8-11-5-6-13(12(14)7-11)17-10(3)9(2)16/h5-7,9-10,15-16H,4,8H2,1-3H3. The molecule has 0 aromatic heterocycles. The van der Waals surface area contributed by atoms with Gasteiger partial charge in [0.1, 0.15) is 0 Å². The molecule has 2 unspecified atom stereocenters. The smallest absolute Gasteiger partial charge is 0.0631 e. The van der Waals surface area contributed by atoms with Crippen LogP contribution in [0, 0.1) is 0 Å². The monoisotopic (exact) mass is 273 g/mol. The summed E-state index contributed by atoms with van der Waals surface area (Å²) in [4.78, 5) is 1.03. The van der Waals surface area contributed by atoms with Gasteiger partial charge in [-0.15, -0.1) is 11.8 Å². The molecule has 2 nitrogen and oxygen atoms in total. The van der Waals surface area contributed by atoms with E-state index in [1.165, 1.54) is 5.56 Å². The van der Waals surface area contributed by atoms with Crippen LogP contribution in [-0.2, 0) is 6.54 Å². The van der Waals surface area contributed by atoms with Crippen molar-refractivity contribution in [3.05, 3.63) is 28.8 Å². The molecule has 2 atom stereocenters. The van der Waals surface area contributed by atoms with Crippen molar-refractivity contribution in [3.63, 3.8) is 0 Å². The van der Waals surface area contributed by atoms with Crippen LogP contribution in [0.2, 0.25) is 5.02 Å². The van der Waals surface area contributed by atoms with Gasteiger partial charge in [-0.2, -0.15) is 0 Å². The van der Waals surface area contributed by atoms with Crippen LogP contribution in [0.5, 0.6) is 0 Å². The van der Waals surface area contributed by atoms with E-state index < -0.39 is 0 Å². The third-order valence-electron chi connectivity index (χ3n) is 2.57. The third-order valence-corrected chi connectivity index (χ3v) is 4.37. The second-order valence-electron chi connectivity index (χ2n) is 4.11. The fourth-order valence-corrected chi connectivity index (χ4v) is 2.57. The predicted molar refractivity (Wildman–Crippen MR) is 75.8 cm³/mol. The molecule has 1 aromatic rings. The maximum atomic E-state index is 9.47. The van der Waals surface area contributed by atoms with E-state index in [1.54, 1.807) is 18.7 Å². The lowest BCUT2D eigenvalue weighted by Gasteiger charge is -2.15. The van der Waals surface area contributed by atoms with E-state index in [2.05, 4.69) is 18.3 Å². The van der Waals surface area contributed by atoms with Crippen molar-refractivity contribution in [2.75, 3.05) is 6.54 Å². The Morgan fingerprint density at radius 1 is 1.41 bits per heavy atom. The van der Waals surface area contributed by atoms with Crippen LogP contribution in [-0.4, -0.2) is 23.0 Å². The molecule has 0 saturated heterocycles. The number of benzene rings is 1. The highest BCUT2D eigenvalue weighted by Crippen LogP contribution is 2.32. The normalized spacial score (nSPS) is 14.6. The van der Waals surface area contributed by atoms with E-state index in [1.807, 2.05) is 19.1 Å². The molecule has 0 heterocycles. The Kier molecular flexibility index (Phi) is 6.34. The highest BCUT2D eigenvalue weighted by Gasteiger charge is 2.12. The molecule has 4 heteroatoms. The average molecular weight is 274 g/mol. The molecule has 0 aliphatic heterocycles. The van der Waals surface area contributed by atoms with E-state index in [4.69, 9.17) is 11.6 Å². The van der Waals surface area contributed by atoms with Gasteiger partial charge in [-0.25, -0.2) is 0 Å². The second kappa shape index (κ2) is 7.27. The summed E-state index contributed by atoms with van der Waals surface area (Å²) < 4.78 is 0. The van der Waals surface area contributed by atoms with Gasteiger partial charge in [0.05, 0.1) is 11.1 Å². The fraction of sp³-hybridized carbons (Fsp3) is 0.538. The Hall–Kier alpha value is -0.220. The molecule has 0 saturated carbocycles. The molecular formula is C13H20ClNOS. The first-order chi connectivity index (χ1) is 8.04. The van der Waals surface area contributed by atoms with E-state index >= 15 is 0 Å². The van der Waals surface area contributed by atoms with Gasteiger partial charge in [0.25, 0.3) is 0 Å². The lowest BCUT2D eigenvalue weighted by Crippen LogP contribution is -2.15. The SMILES string of the molecule is CCNCc1ccc(SC(C)C(C)O)c(Cl)c1. The van der Waals surface area contributed by atoms with Gasteiger partial charge in [0.2, 0.25) is 0 Å². The maximum absolute atomic E-state index is 9.47. The summed E-state index contributed by atoms with van der Waals surface area (Å²) in [5.74, 6) is 0. The molecule has 0 radical (unpaired) electrons. The molecule has 0 aliphatic rings. The summed E-state index contributed by atoms with van der Waals surface area (Å²) in [6, 6.07) is 6.09. The number of nitrogens with one attached hydrogen (secondary N) is 1. The van der Waals surface area contributed by atoms with Crippen molar-refractivity contribution >= 4 is 23.4 Å². The summed E-state index contributed by atoms with van der Waals surface area (Å²) in [7, 11) is 0. The second-order valence-corrected chi connectivity index (χ2v) is 5.93. The number of aliphatic hydroxyl groups is 1. The minimum absolute atomic E-state index is 0.145. The molecule has 0 amide bonds. The average Bonchev–Trinajstić information content (AvgIpc) is 2.29. The van der Waals surface area contributed by atoms with Crippen LogP contribution in [0.1, 0.15) is 26.3 Å². The largest absolute Gasteiger partial charge is 0.392 e. The Morgan fingerprint density at radius 2 is 2.12 bits per heavy atom. The van der Waals surface area contributed by atoms with E-state index in [0.717, 1.165) is 23.0 Å². The Morgan fingerprint density at radius 3 is 2.65 bits per heavy atom. The molecule has 0 aliphatic carbocycles. The Bertz CT molecular complexity index is 357. The van der Waals surface area contributed by atoms with Crippen LogP contribution >= 0.6 is 23.4 Å². The van der Waals surface area contributed by atoms with Crippen LogP contribution in [0.3, 0.4) is 0 Å². The zero-order valence-electron chi connectivity index (χ0n) is 10.5. The van der Waals surface area contributed by atoms with E-state index in [-0.39, 0.29) is 11.4 Å². The lowest BCUT2D eigenvalue weighted by atomic mass is 10.2. The summed E-state index contributed by atoms with van der Waals surface area (Å²) in [6.07, 6.45) is -0.336. The van der Waals surface area contributed by atoms with Crippen molar-refractivity contribution in [1.29, 1.82) is 0 Å². The highest BCUT2D eigenvalue weighted by molar-refractivity contribution is 8.00. The predicted octanol–water partition coefficient (Wildman–Crippen LogP) is 3.31. The summed E-state index contributed by atoms with van der Waals surface area (Å²) in [5, 5.41) is 13.6. The van der Waals surface area contributed by atoms with Crippen molar-refractivity contribution in [2.24, 2.45) is 0 Å². The van der Waals surface area contributed by atoms with Gasteiger partial charge < -0.3 is 10.4 Å². The molecular weight excluding hydrogens is 254 g/mol. The first-order valence-corrected chi connectivity index (χ1v) is 7.14. The van der Waals surface area contributed by atoms with E-state index in [0.29, 0.717) is 0 Å². The minimum Gasteiger partial charge on any atom is -0.392 e. The van der Waals surface area contributed by atoms with Crippen LogP contribution in [0.4, 0.5) is 0 Å². The zero-order valence-corrected chi connectivity index (χ0v) is 12.1. The van der Waals surface area contributed by atoms with Gasteiger partial charge in [0, 0.05) is 16.7 Å². The summed E-state index contributed by atoms with van der Waals surface area (Å²) >= 11 is 7.84. The summed E-state index contributed by atoms with van der Waals surface area (Å²) in [6.45, 7) is 7.67. The summed E-state index contributed by atoms with van der Waals surface area (Å²) in [5.41, 5.74) is 1.19. The maximum Gasteiger partial charge on any atom is 0.0631 e. The number of halogens is 1. The van der Waals surface area contributed by atoms with Crippen molar-refractivity contribution in [1.82, 2.24) is 5.32 Å². The number of hydrogen-bond acceptors (Lipinski definition) is 3. The molecule has 0 bridgehead atoms. The molecule has 0 fully saturated rings. The number of rotatable bonds is 6. The molecule has 1 aromatic carbocycles. The molecule has 1 rings (SSSR count). The van der Waals surface area contributed by atoms with Crippen LogP contribution in [0.25, 0.3) is 0 Å². The van der Waals surface area contributed by atoms with E-state index in [9.17, 15) is 5.11 Å². The van der Waals surface area contributed by atoms with Gasteiger partial charge in [-0.3, -0.25) is 0 Å². The van der Waals surface area contributed by atoms with Gasteiger partial charge in [0.15, 0.2) is 0 Å².